The SMILES string of the molecule is COc1ccc(OC)c([C@@H](N=Cc2ccccc2)C(C)C)c1. The number of benzene rings is 2. The van der Waals surface area contributed by atoms with E-state index in [0.717, 1.165) is 22.6 Å². The van der Waals surface area contributed by atoms with Gasteiger partial charge in [-0.25, -0.2) is 0 Å². The Morgan fingerprint density at radius 2 is 1.68 bits per heavy atom. The number of nitrogens with zero attached hydrogens (tertiary/aromatic N) is 1. The minimum absolute atomic E-state index is 0.0188. The zero-order valence-corrected chi connectivity index (χ0v) is 13.6. The molecule has 3 nitrogen and oxygen atoms in total. The quantitative estimate of drug-likeness (QED) is 0.734. The van der Waals surface area contributed by atoms with Gasteiger partial charge in [0.2, 0.25) is 0 Å². The highest BCUT2D eigenvalue weighted by Gasteiger charge is 2.19. The molecule has 0 aromatic heterocycles. The summed E-state index contributed by atoms with van der Waals surface area (Å²) in [4.78, 5) is 4.79. The minimum atomic E-state index is 0.0188. The number of hydrogen-bond donors (Lipinski definition) is 0. The van der Waals surface area contributed by atoms with Crippen molar-refractivity contribution in [2.24, 2.45) is 10.9 Å². The van der Waals surface area contributed by atoms with Crippen LogP contribution in [-0.4, -0.2) is 20.4 Å². The Balaban J connectivity index is 2.37. The van der Waals surface area contributed by atoms with Crippen molar-refractivity contribution in [3.8, 4) is 11.5 Å². The summed E-state index contributed by atoms with van der Waals surface area (Å²) in [5, 5.41) is 0. The Kier molecular flexibility index (Phi) is 5.59. The second-order valence-electron chi connectivity index (χ2n) is 5.49. The van der Waals surface area contributed by atoms with Crippen molar-refractivity contribution in [3.05, 3.63) is 59.7 Å². The van der Waals surface area contributed by atoms with Crippen molar-refractivity contribution in [3.63, 3.8) is 0 Å². The van der Waals surface area contributed by atoms with Gasteiger partial charge in [-0.05, 0) is 29.7 Å². The van der Waals surface area contributed by atoms with Crippen LogP contribution in [0.1, 0.15) is 31.0 Å². The molecule has 0 radical (unpaired) electrons. The number of rotatable bonds is 6. The summed E-state index contributed by atoms with van der Waals surface area (Å²) in [5.41, 5.74) is 2.14. The molecule has 2 aromatic rings. The highest BCUT2D eigenvalue weighted by atomic mass is 16.5. The van der Waals surface area contributed by atoms with Crippen molar-refractivity contribution in [1.82, 2.24) is 0 Å². The first-order valence-electron chi connectivity index (χ1n) is 7.46. The van der Waals surface area contributed by atoms with E-state index < -0.39 is 0 Å². The van der Waals surface area contributed by atoms with Crippen LogP contribution >= 0.6 is 0 Å². The van der Waals surface area contributed by atoms with Crippen molar-refractivity contribution in [1.29, 1.82) is 0 Å². The molecule has 0 saturated carbocycles. The first-order valence-corrected chi connectivity index (χ1v) is 7.46. The molecule has 116 valence electrons. The molecule has 3 heteroatoms. The van der Waals surface area contributed by atoms with Crippen LogP contribution in [0.2, 0.25) is 0 Å². The first-order chi connectivity index (χ1) is 10.7. The number of methoxy groups -OCH3 is 2. The summed E-state index contributed by atoms with van der Waals surface area (Å²) >= 11 is 0. The lowest BCUT2D eigenvalue weighted by Crippen LogP contribution is -2.07. The second kappa shape index (κ2) is 7.64. The standard InChI is InChI=1S/C19H23NO2/c1-14(2)19(20-13-15-8-6-5-7-9-15)17-12-16(21-3)10-11-18(17)22-4/h5-14,19H,1-4H3/t19-/m0/s1. The highest BCUT2D eigenvalue weighted by molar-refractivity contribution is 5.79. The number of aliphatic imine (C=N–C) groups is 1. The minimum Gasteiger partial charge on any atom is -0.497 e. The van der Waals surface area contributed by atoms with Crippen molar-refractivity contribution in [2.45, 2.75) is 19.9 Å². The van der Waals surface area contributed by atoms with E-state index in [4.69, 9.17) is 14.5 Å². The van der Waals surface area contributed by atoms with Gasteiger partial charge in [0.05, 0.1) is 20.3 Å². The maximum atomic E-state index is 5.50. The summed E-state index contributed by atoms with van der Waals surface area (Å²) in [5.74, 6) is 2.00. The molecule has 0 fully saturated rings. The van der Waals surface area contributed by atoms with E-state index in [0.29, 0.717) is 5.92 Å². The van der Waals surface area contributed by atoms with Gasteiger partial charge >= 0.3 is 0 Å². The van der Waals surface area contributed by atoms with Gasteiger partial charge in [-0.1, -0.05) is 44.2 Å². The summed E-state index contributed by atoms with van der Waals surface area (Å²) in [6.07, 6.45) is 1.92. The van der Waals surface area contributed by atoms with Crippen LogP contribution in [-0.2, 0) is 0 Å². The third kappa shape index (κ3) is 3.88. The van der Waals surface area contributed by atoms with Gasteiger partial charge in [-0.3, -0.25) is 4.99 Å². The maximum absolute atomic E-state index is 5.50. The Labute approximate surface area is 132 Å². The zero-order valence-electron chi connectivity index (χ0n) is 13.6. The molecule has 2 rings (SSSR count). The van der Waals surface area contributed by atoms with E-state index in [1.54, 1.807) is 14.2 Å². The Hall–Kier alpha value is -2.29. The Bertz CT molecular complexity index is 621. The summed E-state index contributed by atoms with van der Waals surface area (Å²) < 4.78 is 10.8. The van der Waals surface area contributed by atoms with E-state index in [9.17, 15) is 0 Å². The maximum Gasteiger partial charge on any atom is 0.124 e. The smallest absolute Gasteiger partial charge is 0.124 e. The van der Waals surface area contributed by atoms with Crippen molar-refractivity contribution >= 4 is 6.21 Å². The summed E-state index contributed by atoms with van der Waals surface area (Å²) in [6, 6.07) is 16.0. The van der Waals surface area contributed by atoms with E-state index in [-0.39, 0.29) is 6.04 Å². The lowest BCUT2D eigenvalue weighted by Gasteiger charge is -2.20. The normalized spacial score (nSPS) is 12.6. The third-order valence-electron chi connectivity index (χ3n) is 3.57. The molecule has 0 heterocycles. The van der Waals surface area contributed by atoms with Crippen LogP contribution in [0.15, 0.2) is 53.5 Å². The molecule has 0 aliphatic carbocycles. The largest absolute Gasteiger partial charge is 0.497 e. The van der Waals surface area contributed by atoms with Gasteiger partial charge < -0.3 is 9.47 Å². The fraction of sp³-hybridized carbons (Fsp3) is 0.316. The second-order valence-corrected chi connectivity index (χ2v) is 5.49. The first kappa shape index (κ1) is 16.1. The van der Waals surface area contributed by atoms with Gasteiger partial charge in [0.15, 0.2) is 0 Å². The molecule has 0 bridgehead atoms. The Morgan fingerprint density at radius 1 is 0.955 bits per heavy atom. The van der Waals surface area contributed by atoms with Crippen LogP contribution in [0.5, 0.6) is 11.5 Å². The van der Waals surface area contributed by atoms with E-state index in [1.165, 1.54) is 0 Å². The fourth-order valence-corrected chi connectivity index (χ4v) is 2.39. The van der Waals surface area contributed by atoms with Crippen molar-refractivity contribution in [2.75, 3.05) is 14.2 Å². The molecular formula is C19H23NO2. The van der Waals surface area contributed by atoms with E-state index in [2.05, 4.69) is 13.8 Å². The Morgan fingerprint density at radius 3 is 2.27 bits per heavy atom. The monoisotopic (exact) mass is 297 g/mol. The molecule has 2 aromatic carbocycles. The van der Waals surface area contributed by atoms with Gasteiger partial charge in [0.1, 0.15) is 11.5 Å². The predicted octanol–water partition coefficient (Wildman–Crippen LogP) is 4.52. The lowest BCUT2D eigenvalue weighted by molar-refractivity contribution is 0.387. The molecule has 0 saturated heterocycles. The van der Waals surface area contributed by atoms with Crippen LogP contribution < -0.4 is 9.47 Å². The predicted molar refractivity (Wildman–Crippen MR) is 91.2 cm³/mol. The van der Waals surface area contributed by atoms with E-state index in [1.807, 2.05) is 54.7 Å². The molecule has 0 unspecified atom stereocenters. The van der Waals surface area contributed by atoms with E-state index >= 15 is 0 Å². The van der Waals surface area contributed by atoms with Crippen LogP contribution in [0.25, 0.3) is 0 Å². The molecule has 1 atom stereocenters. The number of hydrogen-bond acceptors (Lipinski definition) is 3. The summed E-state index contributed by atoms with van der Waals surface area (Å²) in [7, 11) is 3.35. The molecule has 22 heavy (non-hydrogen) atoms. The van der Waals surface area contributed by atoms with Gasteiger partial charge in [0, 0.05) is 11.8 Å². The lowest BCUT2D eigenvalue weighted by atomic mass is 9.95. The molecule has 0 spiro atoms. The van der Waals surface area contributed by atoms with Crippen LogP contribution in [0, 0.1) is 5.92 Å². The number of ether oxygens (including phenoxy) is 2. The van der Waals surface area contributed by atoms with Crippen LogP contribution in [0.3, 0.4) is 0 Å². The fourth-order valence-electron chi connectivity index (χ4n) is 2.39. The third-order valence-corrected chi connectivity index (χ3v) is 3.57. The van der Waals surface area contributed by atoms with Gasteiger partial charge in [0.25, 0.3) is 0 Å². The molecule has 0 aliphatic rings. The van der Waals surface area contributed by atoms with Crippen molar-refractivity contribution < 1.29 is 9.47 Å². The molecule has 0 aliphatic heterocycles. The van der Waals surface area contributed by atoms with Gasteiger partial charge in [-0.2, -0.15) is 0 Å². The van der Waals surface area contributed by atoms with Gasteiger partial charge in [-0.15, -0.1) is 0 Å². The molecule has 0 N–H and O–H groups in total. The molecular weight excluding hydrogens is 274 g/mol. The zero-order chi connectivity index (χ0) is 15.9. The summed E-state index contributed by atoms with van der Waals surface area (Å²) in [6.45, 7) is 4.32. The van der Waals surface area contributed by atoms with Crippen LogP contribution in [0.4, 0.5) is 0 Å². The topological polar surface area (TPSA) is 30.8 Å². The molecule has 0 amide bonds. The average molecular weight is 297 g/mol. The average Bonchev–Trinajstić information content (AvgIpc) is 2.55. The highest BCUT2D eigenvalue weighted by Crippen LogP contribution is 2.35.